The van der Waals surface area contributed by atoms with E-state index < -0.39 is 0 Å². The molecule has 1 N–H and O–H groups in total. The van der Waals surface area contributed by atoms with Crippen LogP contribution < -0.4 is 5.32 Å². The van der Waals surface area contributed by atoms with Crippen LogP contribution in [-0.4, -0.2) is 56.6 Å². The number of likely N-dealkylation sites (tertiary alicyclic amines) is 1. The Morgan fingerprint density at radius 1 is 1.20 bits per heavy atom. The van der Waals surface area contributed by atoms with E-state index in [2.05, 4.69) is 27.3 Å². The van der Waals surface area contributed by atoms with Gasteiger partial charge in [0.1, 0.15) is 5.82 Å². The standard InChI is InChI=1S/C24H33FN4O/c1-26-24(27-14-20-9-10-23(25)22(13-20)16-28(2)3)29-12-11-21(15-29)18-30-17-19-7-5-4-6-8-19/h4-10,13,21H,11-12,14-18H2,1-3H3,(H,26,27). The van der Waals surface area contributed by atoms with Crippen molar-refractivity contribution in [2.75, 3.05) is 40.8 Å². The van der Waals surface area contributed by atoms with Crippen LogP contribution in [0.15, 0.2) is 53.5 Å². The average Bonchev–Trinajstić information content (AvgIpc) is 3.20. The third-order valence-corrected chi connectivity index (χ3v) is 5.31. The summed E-state index contributed by atoms with van der Waals surface area (Å²) in [7, 11) is 5.70. The van der Waals surface area contributed by atoms with Gasteiger partial charge in [-0.1, -0.05) is 36.4 Å². The average molecular weight is 413 g/mol. The molecular formula is C24H33FN4O. The zero-order chi connectivity index (χ0) is 21.3. The molecule has 1 unspecified atom stereocenters. The highest BCUT2D eigenvalue weighted by molar-refractivity contribution is 5.80. The van der Waals surface area contributed by atoms with Crippen molar-refractivity contribution in [1.82, 2.24) is 15.1 Å². The Bertz CT molecular complexity index is 825. The van der Waals surface area contributed by atoms with Crippen molar-refractivity contribution in [1.29, 1.82) is 0 Å². The van der Waals surface area contributed by atoms with Gasteiger partial charge in [-0.15, -0.1) is 0 Å². The molecule has 0 amide bonds. The lowest BCUT2D eigenvalue weighted by Gasteiger charge is -2.22. The Balaban J connectivity index is 1.46. The van der Waals surface area contributed by atoms with Crippen LogP contribution in [0.1, 0.15) is 23.1 Å². The van der Waals surface area contributed by atoms with Crippen molar-refractivity contribution in [3.05, 3.63) is 71.0 Å². The van der Waals surface area contributed by atoms with Crippen LogP contribution in [0.2, 0.25) is 0 Å². The van der Waals surface area contributed by atoms with Gasteiger partial charge in [0.05, 0.1) is 13.2 Å². The molecule has 2 aromatic carbocycles. The topological polar surface area (TPSA) is 40.1 Å². The number of rotatable bonds is 8. The largest absolute Gasteiger partial charge is 0.376 e. The van der Waals surface area contributed by atoms with E-state index in [4.69, 9.17) is 4.74 Å². The Morgan fingerprint density at radius 2 is 2.00 bits per heavy atom. The molecule has 0 radical (unpaired) electrons. The highest BCUT2D eigenvalue weighted by Crippen LogP contribution is 2.18. The van der Waals surface area contributed by atoms with Crippen LogP contribution in [0.5, 0.6) is 0 Å². The summed E-state index contributed by atoms with van der Waals surface area (Å²) < 4.78 is 19.9. The molecule has 1 fully saturated rings. The van der Waals surface area contributed by atoms with Gasteiger partial charge >= 0.3 is 0 Å². The molecule has 2 aromatic rings. The second kappa shape index (κ2) is 11.1. The lowest BCUT2D eigenvalue weighted by molar-refractivity contribution is 0.0906. The minimum atomic E-state index is -0.158. The van der Waals surface area contributed by atoms with Crippen molar-refractivity contribution in [2.24, 2.45) is 10.9 Å². The third kappa shape index (κ3) is 6.54. The van der Waals surface area contributed by atoms with E-state index in [0.29, 0.717) is 31.2 Å². The van der Waals surface area contributed by atoms with E-state index in [1.165, 1.54) is 5.56 Å². The van der Waals surface area contributed by atoms with Gasteiger partial charge < -0.3 is 19.9 Å². The Hall–Kier alpha value is -2.44. The summed E-state index contributed by atoms with van der Waals surface area (Å²) in [6.45, 7) is 4.53. The zero-order valence-electron chi connectivity index (χ0n) is 18.3. The number of hydrogen-bond acceptors (Lipinski definition) is 3. The number of halogens is 1. The molecule has 162 valence electrons. The second-order valence-electron chi connectivity index (χ2n) is 8.17. The third-order valence-electron chi connectivity index (χ3n) is 5.31. The normalized spacial score (nSPS) is 17.0. The lowest BCUT2D eigenvalue weighted by Crippen LogP contribution is -2.39. The zero-order valence-corrected chi connectivity index (χ0v) is 18.3. The number of guanidine groups is 1. The summed E-state index contributed by atoms with van der Waals surface area (Å²) in [5.41, 5.74) is 2.97. The van der Waals surface area contributed by atoms with Crippen LogP contribution in [0.3, 0.4) is 0 Å². The van der Waals surface area contributed by atoms with Crippen LogP contribution >= 0.6 is 0 Å². The van der Waals surface area contributed by atoms with Gasteiger partial charge in [0, 0.05) is 44.7 Å². The molecule has 1 aliphatic rings. The minimum Gasteiger partial charge on any atom is -0.376 e. The first-order valence-electron chi connectivity index (χ1n) is 10.5. The highest BCUT2D eigenvalue weighted by Gasteiger charge is 2.25. The molecule has 1 atom stereocenters. The SMILES string of the molecule is CN=C(NCc1ccc(F)c(CN(C)C)c1)N1CCC(COCc2ccccc2)C1. The van der Waals surface area contributed by atoms with Crippen LogP contribution in [0.4, 0.5) is 4.39 Å². The number of aliphatic imine (C=N–C) groups is 1. The van der Waals surface area contributed by atoms with Crippen molar-refractivity contribution in [2.45, 2.75) is 26.1 Å². The molecule has 1 saturated heterocycles. The fourth-order valence-electron chi connectivity index (χ4n) is 3.79. The number of nitrogens with zero attached hydrogens (tertiary/aromatic N) is 3. The van der Waals surface area contributed by atoms with Gasteiger partial charge in [-0.05, 0) is 43.8 Å². The summed E-state index contributed by atoms with van der Waals surface area (Å²) >= 11 is 0. The smallest absolute Gasteiger partial charge is 0.193 e. The molecule has 0 aromatic heterocycles. The molecule has 0 spiro atoms. The van der Waals surface area contributed by atoms with E-state index in [-0.39, 0.29) is 5.82 Å². The van der Waals surface area contributed by atoms with E-state index >= 15 is 0 Å². The van der Waals surface area contributed by atoms with Gasteiger partial charge in [0.2, 0.25) is 0 Å². The van der Waals surface area contributed by atoms with Gasteiger partial charge in [-0.2, -0.15) is 0 Å². The molecule has 1 heterocycles. The molecule has 0 saturated carbocycles. The summed E-state index contributed by atoms with van der Waals surface area (Å²) in [5.74, 6) is 1.23. The molecule has 30 heavy (non-hydrogen) atoms. The Labute approximate surface area is 179 Å². The maximum atomic E-state index is 14.0. The first-order chi connectivity index (χ1) is 14.5. The molecule has 6 heteroatoms. The van der Waals surface area contributed by atoms with E-state index in [9.17, 15) is 4.39 Å². The second-order valence-corrected chi connectivity index (χ2v) is 8.17. The fraction of sp³-hybridized carbons (Fsp3) is 0.458. The molecule has 0 aliphatic carbocycles. The Morgan fingerprint density at radius 3 is 2.73 bits per heavy atom. The maximum Gasteiger partial charge on any atom is 0.193 e. The summed E-state index contributed by atoms with van der Waals surface area (Å²) in [6.07, 6.45) is 1.10. The van der Waals surface area contributed by atoms with E-state index in [0.717, 1.165) is 37.6 Å². The predicted molar refractivity (Wildman–Crippen MR) is 120 cm³/mol. The quantitative estimate of drug-likeness (QED) is 0.532. The molecule has 1 aliphatic heterocycles. The summed E-state index contributed by atoms with van der Waals surface area (Å²) in [4.78, 5) is 8.69. The predicted octanol–water partition coefficient (Wildman–Crippen LogP) is 3.50. The summed E-state index contributed by atoms with van der Waals surface area (Å²) in [5, 5.41) is 3.43. The molecular weight excluding hydrogens is 379 g/mol. The van der Waals surface area contributed by atoms with Crippen molar-refractivity contribution >= 4 is 5.96 Å². The minimum absolute atomic E-state index is 0.158. The monoisotopic (exact) mass is 412 g/mol. The number of benzene rings is 2. The Kier molecular flexibility index (Phi) is 8.22. The van der Waals surface area contributed by atoms with Crippen LogP contribution in [0, 0.1) is 11.7 Å². The van der Waals surface area contributed by atoms with Gasteiger partial charge in [0.25, 0.3) is 0 Å². The molecule has 3 rings (SSSR count). The van der Waals surface area contributed by atoms with Gasteiger partial charge in [-0.25, -0.2) is 4.39 Å². The van der Waals surface area contributed by atoms with E-state index in [1.54, 1.807) is 6.07 Å². The number of hydrogen-bond donors (Lipinski definition) is 1. The molecule has 0 bridgehead atoms. The van der Waals surface area contributed by atoms with Crippen LogP contribution in [-0.2, 0) is 24.4 Å². The molecule has 5 nitrogen and oxygen atoms in total. The maximum absolute atomic E-state index is 14.0. The van der Waals surface area contributed by atoms with Crippen molar-refractivity contribution in [3.8, 4) is 0 Å². The lowest BCUT2D eigenvalue weighted by atomic mass is 10.1. The van der Waals surface area contributed by atoms with Crippen molar-refractivity contribution < 1.29 is 9.13 Å². The highest BCUT2D eigenvalue weighted by atomic mass is 19.1. The van der Waals surface area contributed by atoms with Gasteiger partial charge in [-0.3, -0.25) is 4.99 Å². The number of ether oxygens (including phenoxy) is 1. The summed E-state index contributed by atoms with van der Waals surface area (Å²) in [6, 6.07) is 15.6. The fourth-order valence-corrected chi connectivity index (χ4v) is 3.79. The van der Waals surface area contributed by atoms with Gasteiger partial charge in [0.15, 0.2) is 5.96 Å². The first kappa shape index (κ1) is 22.2. The van der Waals surface area contributed by atoms with E-state index in [1.807, 2.05) is 56.4 Å². The van der Waals surface area contributed by atoms with Crippen LogP contribution in [0.25, 0.3) is 0 Å². The first-order valence-corrected chi connectivity index (χ1v) is 10.5. The van der Waals surface area contributed by atoms with Crippen molar-refractivity contribution in [3.63, 3.8) is 0 Å². The number of nitrogens with one attached hydrogen (secondary N) is 1.